The van der Waals surface area contributed by atoms with Crippen LogP contribution in [0.25, 0.3) is 0 Å². The number of anilines is 3. The van der Waals surface area contributed by atoms with Gasteiger partial charge in [-0.1, -0.05) is 19.7 Å². The monoisotopic (exact) mass is 1490 g/mol. The number of nitrogens with one attached hydrogen (secondary N) is 3. The first-order valence-corrected chi connectivity index (χ1v) is 29.8. The quantitative estimate of drug-likeness (QED) is 0.0349. The summed E-state index contributed by atoms with van der Waals surface area (Å²) in [5.74, 6) is -18.5. The lowest BCUT2D eigenvalue weighted by atomic mass is 10.1. The third-order valence-corrected chi connectivity index (χ3v) is 12.3. The molecule has 0 saturated carbocycles. The number of halogens is 6. The predicted molar refractivity (Wildman–Crippen MR) is 334 cm³/mol. The van der Waals surface area contributed by atoms with Crippen molar-refractivity contribution in [2.75, 3.05) is 55.6 Å². The Morgan fingerprint density at radius 2 is 0.796 bits per heavy atom. The molecule has 3 unspecified atom stereocenters. The second-order valence-electron chi connectivity index (χ2n) is 24.8. The summed E-state index contributed by atoms with van der Waals surface area (Å²) in [6.45, 7) is 23.6. The minimum absolute atomic E-state index is 0.0212. The van der Waals surface area contributed by atoms with Crippen molar-refractivity contribution in [2.45, 2.75) is 173 Å². The summed E-state index contributed by atoms with van der Waals surface area (Å²) < 4.78 is 141. The molecule has 37 nitrogen and oxygen atoms in total. The number of nitrogens with zero attached hydrogens (tertiary/aromatic N) is 6. The zero-order chi connectivity index (χ0) is 78.8. The minimum atomic E-state index is -3.99. The largest absolute Gasteiger partial charge is 0.479 e. The van der Waals surface area contributed by atoms with Gasteiger partial charge in [-0.2, -0.15) is 41.3 Å². The van der Waals surface area contributed by atoms with Crippen molar-refractivity contribution in [3.63, 3.8) is 0 Å². The van der Waals surface area contributed by atoms with E-state index in [1.165, 1.54) is 20.8 Å². The molecule has 3 aromatic heterocycles. The number of carboxylic acid groups (broad SMARTS) is 1. The maximum absolute atomic E-state index is 15.0. The molecule has 3 saturated heterocycles. The number of carboxylic acids is 1. The minimum Gasteiger partial charge on any atom is -0.479 e. The zero-order valence-electron chi connectivity index (χ0n) is 57.1. The highest BCUT2D eigenvalue weighted by Gasteiger charge is 2.63. The standard InChI is InChI=1S/2C20H25F2N3O9.C14H19F2N3O6.C6H8O4/c1-10(2)15(28)32-9-13(26)31-8-11-14(27)20(21,22)16(33-11)25-7-6-12(23-17(25)29)24-18(30)34-19(3,4)5;1-10(2)15(28)31-9-13(27)33-14-11(8-26)32-16(20(14,21)22)25-7-6-12(23-17(25)29)24-18(30)34-19(3,4)5;1-13(2,3)25-12(23)18-8-4-5-19(11(22)17-8)10-14(15,16)9(21)7(6-20)24-10;1-4(2)6(9)10-3-5(7)8/h6-7,11,14,16,27H,1,8-9H2,2-5H3,(H,23,24,29,30);6-7,11,14,16,26H,1,8-9H2,2-5H3,(H,23,24,29,30);4-5,7,9-10,20-21H,6H2,1-3H3,(H,17,18,22,23);1,3H2,2H3,(H,7,8)/t2*11-,14?,16-;7-,9?,10-;/m111./s1. The van der Waals surface area contributed by atoms with Crippen LogP contribution in [-0.4, -0.2) is 219 Å². The molecule has 3 aliphatic rings. The van der Waals surface area contributed by atoms with Gasteiger partial charge >= 0.3 is 88.9 Å². The summed E-state index contributed by atoms with van der Waals surface area (Å²) in [6.07, 6.45) is -18.6. The van der Waals surface area contributed by atoms with Crippen LogP contribution in [0.4, 0.5) is 58.2 Å². The SMILES string of the molecule is C=C(C)C(=O)OCC(=O)O.C=C(C)C(=O)OCC(=O)OC1[C@@H](CO)O[C@@H](n2ccc(NC(=O)OC(C)(C)C)nc2=O)C1(F)F.C=C(C)C(=O)OCC(=O)OC[C@H]1O[C@@H](n2ccc(NC(=O)OC(C)(C)C)nc2=O)C(F)(F)C1O.CC(C)(C)OC(=O)Nc1ccn([C@@H]2O[C@H](CO)C(O)C2(F)F)c(=O)n1. The number of aliphatic hydroxyl groups is 4. The van der Waals surface area contributed by atoms with Crippen molar-refractivity contribution >= 4 is 71.5 Å². The first-order chi connectivity index (χ1) is 47.3. The number of carbonyl (C=O) groups is 9. The van der Waals surface area contributed by atoms with E-state index in [4.69, 9.17) is 43.4 Å². The fourth-order valence-electron chi connectivity index (χ4n) is 7.83. The van der Waals surface area contributed by atoms with Crippen molar-refractivity contribution in [3.05, 3.63) is 105 Å². The van der Waals surface area contributed by atoms with Crippen LogP contribution in [0.5, 0.6) is 0 Å². The van der Waals surface area contributed by atoms with E-state index in [0.29, 0.717) is 13.7 Å². The molecule has 8 N–H and O–H groups in total. The van der Waals surface area contributed by atoms with Gasteiger partial charge in [-0.15, -0.1) is 0 Å². The van der Waals surface area contributed by atoms with E-state index in [-0.39, 0.29) is 34.2 Å². The van der Waals surface area contributed by atoms with E-state index >= 15 is 8.78 Å². The number of esters is 5. The van der Waals surface area contributed by atoms with Crippen molar-refractivity contribution in [2.24, 2.45) is 0 Å². The lowest BCUT2D eigenvalue weighted by Gasteiger charge is -2.24. The third kappa shape index (κ3) is 26.3. The average molecular weight is 1490 g/mol. The Labute approximate surface area is 579 Å². The van der Waals surface area contributed by atoms with Crippen LogP contribution in [0.3, 0.4) is 0 Å². The summed E-state index contributed by atoms with van der Waals surface area (Å²) in [6, 6.07) is 3.21. The van der Waals surface area contributed by atoms with Crippen molar-refractivity contribution in [1.29, 1.82) is 0 Å². The van der Waals surface area contributed by atoms with Crippen molar-refractivity contribution < 1.29 is 147 Å². The Balaban J connectivity index is 0.000000379. The summed E-state index contributed by atoms with van der Waals surface area (Å²) in [7, 11) is 0. The van der Waals surface area contributed by atoms with Crippen LogP contribution in [0, 0.1) is 0 Å². The number of amides is 3. The highest BCUT2D eigenvalue weighted by Crippen LogP contribution is 2.45. The van der Waals surface area contributed by atoms with E-state index in [2.05, 4.69) is 69.6 Å². The number of ether oxygens (including phenoxy) is 11. The topological polar surface area (TPSA) is 497 Å². The van der Waals surface area contributed by atoms with Gasteiger partial charge in [0.25, 0.3) is 0 Å². The van der Waals surface area contributed by atoms with Crippen LogP contribution < -0.4 is 33.0 Å². The number of aromatic nitrogens is 6. The summed E-state index contributed by atoms with van der Waals surface area (Å²) in [4.78, 5) is 149. The number of rotatable bonds is 20. The molecular formula is C60H77F6N9O28. The number of carbonyl (C=O) groups excluding carboxylic acids is 8. The summed E-state index contributed by atoms with van der Waals surface area (Å²) in [5.41, 5.74) is -5.78. The first kappa shape index (κ1) is 87.0. The molecule has 43 heteroatoms. The van der Waals surface area contributed by atoms with Gasteiger partial charge in [0.05, 0.1) is 13.2 Å². The van der Waals surface area contributed by atoms with Gasteiger partial charge in [0.2, 0.25) is 18.7 Å². The molecule has 9 atom stereocenters. The number of aliphatic hydroxyl groups excluding tert-OH is 4. The third-order valence-electron chi connectivity index (χ3n) is 12.3. The Morgan fingerprint density at radius 1 is 0.495 bits per heavy atom. The molecule has 0 bridgehead atoms. The van der Waals surface area contributed by atoms with E-state index in [0.717, 1.165) is 36.8 Å². The molecule has 3 aliphatic heterocycles. The van der Waals surface area contributed by atoms with Gasteiger partial charge in [-0.3, -0.25) is 29.7 Å². The molecule has 0 aliphatic carbocycles. The van der Waals surface area contributed by atoms with E-state index in [1.54, 1.807) is 62.3 Å². The van der Waals surface area contributed by atoms with Crippen LogP contribution in [0.2, 0.25) is 0 Å². The number of hydrogen-bond donors (Lipinski definition) is 8. The molecule has 0 spiro atoms. The van der Waals surface area contributed by atoms with E-state index in [1.807, 2.05) is 0 Å². The zero-order valence-corrected chi connectivity index (χ0v) is 57.1. The van der Waals surface area contributed by atoms with Gasteiger partial charge in [-0.05, 0) is 101 Å². The molecule has 3 fully saturated rings. The predicted octanol–water partition coefficient (Wildman–Crippen LogP) is 2.96. The maximum atomic E-state index is 15.0. The van der Waals surface area contributed by atoms with Gasteiger partial charge in [0.1, 0.15) is 59.2 Å². The van der Waals surface area contributed by atoms with Crippen LogP contribution >= 0.6 is 0 Å². The number of alkyl halides is 6. The Bertz CT molecular complexity index is 3810. The molecule has 3 aromatic rings. The molecule has 6 heterocycles. The van der Waals surface area contributed by atoms with Crippen LogP contribution in [0.15, 0.2) is 87.6 Å². The molecule has 0 radical (unpaired) electrons. The molecular weight excluding hydrogens is 1410 g/mol. The van der Waals surface area contributed by atoms with Crippen molar-refractivity contribution in [1.82, 2.24) is 28.7 Å². The molecule has 0 aromatic carbocycles. The number of aliphatic carboxylic acids is 1. The summed E-state index contributed by atoms with van der Waals surface area (Å²) in [5, 5.41) is 52.4. The smallest absolute Gasteiger partial charge is 0.413 e. The Kier molecular flexibility index (Phi) is 30.5. The lowest BCUT2D eigenvalue weighted by molar-refractivity contribution is -0.181. The second kappa shape index (κ2) is 36.1. The first-order valence-electron chi connectivity index (χ1n) is 29.8. The van der Waals surface area contributed by atoms with Gasteiger partial charge in [0, 0.05) is 35.3 Å². The molecule has 572 valence electrons. The van der Waals surface area contributed by atoms with E-state index in [9.17, 15) is 90.4 Å². The van der Waals surface area contributed by atoms with Crippen molar-refractivity contribution in [3.8, 4) is 0 Å². The van der Waals surface area contributed by atoms with Crippen LogP contribution in [-0.2, 0) is 80.9 Å². The second-order valence-corrected chi connectivity index (χ2v) is 24.8. The molecule has 3 amide bonds. The maximum Gasteiger partial charge on any atom is 0.413 e. The van der Waals surface area contributed by atoms with Gasteiger partial charge in [0.15, 0.2) is 38.1 Å². The van der Waals surface area contributed by atoms with Gasteiger partial charge in [-0.25, -0.2) is 57.5 Å². The fraction of sp³-hybridized carbons (Fsp3) is 0.550. The normalized spacial score (nSPS) is 21.2. The lowest BCUT2D eigenvalue weighted by Crippen LogP contribution is -2.45. The highest BCUT2D eigenvalue weighted by molar-refractivity contribution is 5.90. The van der Waals surface area contributed by atoms with Gasteiger partial charge < -0.3 is 77.6 Å². The number of hydrogen-bond acceptors (Lipinski definition) is 30. The summed E-state index contributed by atoms with van der Waals surface area (Å²) >= 11 is 0. The molecule has 6 rings (SSSR count). The fourth-order valence-corrected chi connectivity index (χ4v) is 7.83. The Morgan fingerprint density at radius 3 is 1.10 bits per heavy atom. The van der Waals surface area contributed by atoms with Crippen LogP contribution in [0.1, 0.15) is 102 Å². The highest BCUT2D eigenvalue weighted by atomic mass is 19.3. The Hall–Kier alpha value is -10.2. The molecule has 103 heavy (non-hydrogen) atoms. The average Bonchev–Trinajstić information content (AvgIpc) is 1.63. The van der Waals surface area contributed by atoms with E-state index < -0.39 is 201 Å².